The zero-order valence-corrected chi connectivity index (χ0v) is 22.7. The van der Waals surface area contributed by atoms with Gasteiger partial charge in [-0.3, -0.25) is 13.9 Å². The summed E-state index contributed by atoms with van der Waals surface area (Å²) in [4.78, 5) is 27.8. The molecule has 0 unspecified atom stereocenters. The van der Waals surface area contributed by atoms with Gasteiger partial charge in [0.15, 0.2) is 0 Å². The predicted molar refractivity (Wildman–Crippen MR) is 144 cm³/mol. The van der Waals surface area contributed by atoms with Crippen molar-refractivity contribution in [2.75, 3.05) is 25.0 Å². The zero-order valence-electron chi connectivity index (χ0n) is 21.8. The van der Waals surface area contributed by atoms with Crippen molar-refractivity contribution in [1.82, 2.24) is 10.2 Å². The number of hydrogen-bond acceptors (Lipinski definition) is 5. The van der Waals surface area contributed by atoms with Crippen molar-refractivity contribution in [2.45, 2.75) is 37.8 Å². The number of benzene rings is 3. The van der Waals surface area contributed by atoms with E-state index in [4.69, 9.17) is 4.74 Å². The molecule has 0 spiro atoms. The molecule has 0 bridgehead atoms. The van der Waals surface area contributed by atoms with E-state index in [9.17, 15) is 22.4 Å². The number of likely N-dealkylation sites (N-methyl/N-ethyl adjacent to an activating group) is 1. The number of nitrogens with zero attached hydrogens (tertiary/aromatic N) is 2. The first-order chi connectivity index (χ1) is 18.1. The molecule has 0 radical (unpaired) electrons. The summed E-state index contributed by atoms with van der Waals surface area (Å²) in [6.07, 6.45) is 0.310. The summed E-state index contributed by atoms with van der Waals surface area (Å²) in [6.45, 7) is 3.12. The highest BCUT2D eigenvalue weighted by Gasteiger charge is 2.33. The van der Waals surface area contributed by atoms with Crippen molar-refractivity contribution in [1.29, 1.82) is 0 Å². The molecule has 202 valence electrons. The van der Waals surface area contributed by atoms with E-state index < -0.39 is 34.3 Å². The van der Waals surface area contributed by atoms with Crippen LogP contribution in [0.4, 0.5) is 10.1 Å². The summed E-state index contributed by atoms with van der Waals surface area (Å²) < 4.78 is 47.2. The Hall–Kier alpha value is -3.92. The van der Waals surface area contributed by atoms with Crippen molar-refractivity contribution in [3.05, 3.63) is 89.7 Å². The number of carbonyl (C=O) groups is 2. The topological polar surface area (TPSA) is 96.0 Å². The Morgan fingerprint density at radius 1 is 1.03 bits per heavy atom. The van der Waals surface area contributed by atoms with Gasteiger partial charge in [-0.05, 0) is 67.4 Å². The SMILES string of the molecule is CC[C@@H](C(=O)NC)N(Cc1cccc(OC)c1)C(=O)CN(c1ccc(C)cc1)S(=O)(=O)c1ccc(F)cc1. The van der Waals surface area contributed by atoms with E-state index in [0.717, 1.165) is 34.1 Å². The van der Waals surface area contributed by atoms with Gasteiger partial charge in [-0.1, -0.05) is 36.8 Å². The Balaban J connectivity index is 2.05. The van der Waals surface area contributed by atoms with Crippen LogP contribution < -0.4 is 14.4 Å². The zero-order chi connectivity index (χ0) is 27.9. The van der Waals surface area contributed by atoms with Crippen LogP contribution in [-0.4, -0.2) is 51.9 Å². The number of sulfonamides is 1. The van der Waals surface area contributed by atoms with E-state index in [1.54, 1.807) is 55.5 Å². The maximum absolute atomic E-state index is 13.9. The minimum absolute atomic E-state index is 0.0558. The monoisotopic (exact) mass is 541 g/mol. The molecular weight excluding hydrogens is 509 g/mol. The molecule has 3 aromatic rings. The minimum Gasteiger partial charge on any atom is -0.497 e. The number of carbonyl (C=O) groups excluding carboxylic acids is 2. The van der Waals surface area contributed by atoms with Gasteiger partial charge in [0.05, 0.1) is 17.7 Å². The smallest absolute Gasteiger partial charge is 0.264 e. The normalized spacial score (nSPS) is 11.9. The maximum atomic E-state index is 13.9. The summed E-state index contributed by atoms with van der Waals surface area (Å²) in [5, 5.41) is 2.59. The Morgan fingerprint density at radius 3 is 2.26 bits per heavy atom. The molecule has 3 rings (SSSR count). The lowest BCUT2D eigenvalue weighted by molar-refractivity contribution is -0.140. The molecular formula is C28H32FN3O5S. The highest BCUT2D eigenvalue weighted by atomic mass is 32.2. The first kappa shape index (κ1) is 28.6. The lowest BCUT2D eigenvalue weighted by atomic mass is 10.1. The third-order valence-electron chi connectivity index (χ3n) is 6.12. The molecule has 2 amide bonds. The molecule has 0 aromatic heterocycles. The van der Waals surface area contributed by atoms with E-state index in [1.807, 2.05) is 6.92 Å². The standard InChI is InChI=1S/C28H32FN3O5S/c1-5-26(28(34)30-3)31(18-21-7-6-8-24(17-21)37-4)27(33)19-32(23-13-9-20(2)10-14-23)38(35,36)25-15-11-22(29)12-16-25/h6-17,26H,5,18-19H2,1-4H3,(H,30,34)/t26-/m0/s1. The van der Waals surface area contributed by atoms with Gasteiger partial charge in [-0.2, -0.15) is 0 Å². The minimum atomic E-state index is -4.26. The van der Waals surface area contributed by atoms with Gasteiger partial charge < -0.3 is 15.0 Å². The van der Waals surface area contributed by atoms with Gasteiger partial charge in [0.1, 0.15) is 24.2 Å². The predicted octanol–water partition coefficient (Wildman–Crippen LogP) is 3.89. The number of ether oxygens (including phenoxy) is 1. The van der Waals surface area contributed by atoms with Crippen LogP contribution in [0.1, 0.15) is 24.5 Å². The summed E-state index contributed by atoms with van der Waals surface area (Å²) in [7, 11) is -1.24. The third-order valence-corrected chi connectivity index (χ3v) is 7.91. The van der Waals surface area contributed by atoms with Crippen LogP contribution in [0, 0.1) is 12.7 Å². The molecule has 1 atom stereocenters. The number of halogens is 1. The lowest BCUT2D eigenvalue weighted by Gasteiger charge is -2.33. The van der Waals surface area contributed by atoms with Gasteiger partial charge in [0, 0.05) is 13.6 Å². The summed E-state index contributed by atoms with van der Waals surface area (Å²) >= 11 is 0. The average molecular weight is 542 g/mol. The molecule has 3 aromatic carbocycles. The van der Waals surface area contributed by atoms with Gasteiger partial charge in [0.2, 0.25) is 11.8 Å². The van der Waals surface area contributed by atoms with E-state index in [1.165, 1.54) is 19.1 Å². The largest absolute Gasteiger partial charge is 0.497 e. The molecule has 0 fully saturated rings. The molecule has 0 aliphatic carbocycles. The van der Waals surface area contributed by atoms with Crippen LogP contribution in [0.3, 0.4) is 0 Å². The molecule has 38 heavy (non-hydrogen) atoms. The number of hydrogen-bond donors (Lipinski definition) is 1. The van der Waals surface area contributed by atoms with Crippen molar-refractivity contribution in [3.63, 3.8) is 0 Å². The van der Waals surface area contributed by atoms with Gasteiger partial charge in [-0.15, -0.1) is 0 Å². The fraction of sp³-hybridized carbons (Fsp3) is 0.286. The molecule has 0 saturated heterocycles. The summed E-state index contributed by atoms with van der Waals surface area (Å²) in [5.41, 5.74) is 1.88. The van der Waals surface area contributed by atoms with E-state index in [2.05, 4.69) is 5.32 Å². The Bertz CT molecular complexity index is 1360. The second-order valence-electron chi connectivity index (χ2n) is 8.71. The fourth-order valence-electron chi connectivity index (χ4n) is 4.03. The van der Waals surface area contributed by atoms with Crippen molar-refractivity contribution >= 4 is 27.5 Å². The average Bonchev–Trinajstić information content (AvgIpc) is 2.92. The van der Waals surface area contributed by atoms with E-state index >= 15 is 0 Å². The van der Waals surface area contributed by atoms with Crippen molar-refractivity contribution < 1.29 is 27.1 Å². The maximum Gasteiger partial charge on any atom is 0.264 e. The Labute approximate surface area is 223 Å². The molecule has 0 aliphatic rings. The van der Waals surface area contributed by atoms with Crippen LogP contribution in [0.25, 0.3) is 0 Å². The second-order valence-corrected chi connectivity index (χ2v) is 10.6. The van der Waals surface area contributed by atoms with Gasteiger partial charge >= 0.3 is 0 Å². The number of anilines is 1. The highest BCUT2D eigenvalue weighted by molar-refractivity contribution is 7.92. The van der Waals surface area contributed by atoms with Crippen LogP contribution in [-0.2, 0) is 26.2 Å². The molecule has 10 heteroatoms. The molecule has 8 nitrogen and oxygen atoms in total. The molecule has 0 saturated carbocycles. The number of methoxy groups -OCH3 is 1. The number of nitrogens with one attached hydrogen (secondary N) is 1. The number of aryl methyl sites for hydroxylation is 1. The summed E-state index contributed by atoms with van der Waals surface area (Å²) in [5.74, 6) is -0.938. The molecule has 0 heterocycles. The van der Waals surface area contributed by atoms with Crippen LogP contribution in [0.5, 0.6) is 5.75 Å². The first-order valence-electron chi connectivity index (χ1n) is 12.1. The van der Waals surface area contributed by atoms with E-state index in [0.29, 0.717) is 17.7 Å². The van der Waals surface area contributed by atoms with Gasteiger partial charge in [0.25, 0.3) is 10.0 Å². The number of rotatable bonds is 11. The van der Waals surface area contributed by atoms with E-state index in [-0.39, 0.29) is 23.0 Å². The Kier molecular flexibility index (Phi) is 9.46. The van der Waals surface area contributed by atoms with Crippen LogP contribution >= 0.6 is 0 Å². The fourth-order valence-corrected chi connectivity index (χ4v) is 5.44. The number of amides is 2. The second kappa shape index (κ2) is 12.6. The highest BCUT2D eigenvalue weighted by Crippen LogP contribution is 2.26. The lowest BCUT2D eigenvalue weighted by Crippen LogP contribution is -2.51. The van der Waals surface area contributed by atoms with Crippen molar-refractivity contribution in [3.8, 4) is 5.75 Å². The Morgan fingerprint density at radius 2 is 1.68 bits per heavy atom. The molecule has 0 aliphatic heterocycles. The van der Waals surface area contributed by atoms with Crippen LogP contribution in [0.15, 0.2) is 77.7 Å². The molecule has 1 N–H and O–H groups in total. The quantitative estimate of drug-likeness (QED) is 0.397. The van der Waals surface area contributed by atoms with Crippen LogP contribution in [0.2, 0.25) is 0 Å². The first-order valence-corrected chi connectivity index (χ1v) is 13.5. The summed E-state index contributed by atoms with van der Waals surface area (Å²) in [6, 6.07) is 17.3. The van der Waals surface area contributed by atoms with Crippen molar-refractivity contribution in [2.24, 2.45) is 0 Å². The van der Waals surface area contributed by atoms with Gasteiger partial charge in [-0.25, -0.2) is 12.8 Å². The third kappa shape index (κ3) is 6.69.